The first-order valence-electron chi connectivity index (χ1n) is 8.40. The quantitative estimate of drug-likeness (QED) is 0.582. The second-order valence-electron chi connectivity index (χ2n) is 6.07. The van der Waals surface area contributed by atoms with Gasteiger partial charge in [0, 0.05) is 0 Å². The Morgan fingerprint density at radius 3 is 2.11 bits per heavy atom. The van der Waals surface area contributed by atoms with Crippen molar-refractivity contribution in [1.82, 2.24) is 9.55 Å². The highest BCUT2D eigenvalue weighted by Gasteiger charge is 2.11. The highest BCUT2D eigenvalue weighted by Crippen LogP contribution is 2.18. The van der Waals surface area contributed by atoms with E-state index in [9.17, 15) is 15.0 Å². The van der Waals surface area contributed by atoms with Gasteiger partial charge in [-0.05, 0) is 60.2 Å². The zero-order valence-corrected chi connectivity index (χ0v) is 14.3. The van der Waals surface area contributed by atoms with Gasteiger partial charge >= 0.3 is 0 Å². The first-order valence-corrected chi connectivity index (χ1v) is 8.40. The number of hydrogen-bond donors (Lipinski definition) is 2. The summed E-state index contributed by atoms with van der Waals surface area (Å²) in [7, 11) is 0. The molecular formula is C22H16N2O3. The lowest BCUT2D eigenvalue weighted by Gasteiger charge is -2.11. The Labute approximate surface area is 155 Å². The summed E-state index contributed by atoms with van der Waals surface area (Å²) in [4.78, 5) is 17.7. The Morgan fingerprint density at radius 1 is 0.778 bits per heavy atom. The molecule has 0 aliphatic heterocycles. The molecule has 5 heteroatoms. The van der Waals surface area contributed by atoms with E-state index >= 15 is 0 Å². The standard InChI is InChI=1S/C22H16N2O3/c25-17-10-5-15(6-11-17)7-14-21-23-20-4-2-1-3-19(20)22(27)24(21)16-8-12-18(26)13-9-16/h1-14,25-26H/b14-7+. The molecule has 0 radical (unpaired) electrons. The van der Waals surface area contributed by atoms with Crippen molar-refractivity contribution in [1.29, 1.82) is 0 Å². The molecule has 27 heavy (non-hydrogen) atoms. The summed E-state index contributed by atoms with van der Waals surface area (Å²) in [6.07, 6.45) is 3.58. The SMILES string of the molecule is O=c1c2ccccc2nc(/C=C/c2ccc(O)cc2)n1-c1ccc(O)cc1. The molecule has 0 atom stereocenters. The van der Waals surface area contributed by atoms with E-state index in [1.165, 1.54) is 16.7 Å². The maximum atomic E-state index is 13.1. The van der Waals surface area contributed by atoms with E-state index in [2.05, 4.69) is 4.98 Å². The maximum absolute atomic E-state index is 13.1. The van der Waals surface area contributed by atoms with Crippen molar-refractivity contribution in [3.63, 3.8) is 0 Å². The normalized spacial score (nSPS) is 11.3. The molecule has 0 spiro atoms. The average molecular weight is 356 g/mol. The van der Waals surface area contributed by atoms with Crippen molar-refractivity contribution >= 4 is 23.1 Å². The minimum Gasteiger partial charge on any atom is -0.508 e. The molecular weight excluding hydrogens is 340 g/mol. The molecule has 0 saturated carbocycles. The van der Waals surface area contributed by atoms with Crippen molar-refractivity contribution < 1.29 is 10.2 Å². The summed E-state index contributed by atoms with van der Waals surface area (Å²) < 4.78 is 1.51. The topological polar surface area (TPSA) is 75.3 Å². The monoisotopic (exact) mass is 356 g/mol. The molecule has 1 aromatic heterocycles. The van der Waals surface area contributed by atoms with E-state index in [1.807, 2.05) is 12.1 Å². The molecule has 5 nitrogen and oxygen atoms in total. The number of phenols is 2. The third-order valence-corrected chi connectivity index (χ3v) is 4.23. The predicted octanol–water partition coefficient (Wildman–Crippen LogP) is 3.97. The number of nitrogens with zero attached hydrogens (tertiary/aromatic N) is 2. The number of hydrogen-bond acceptors (Lipinski definition) is 4. The Balaban J connectivity index is 1.92. The summed E-state index contributed by atoms with van der Waals surface area (Å²) in [5.74, 6) is 0.788. The lowest BCUT2D eigenvalue weighted by Crippen LogP contribution is -2.22. The lowest BCUT2D eigenvalue weighted by molar-refractivity contribution is 0.474. The molecule has 0 aliphatic rings. The van der Waals surface area contributed by atoms with Gasteiger partial charge in [-0.25, -0.2) is 4.98 Å². The van der Waals surface area contributed by atoms with Crippen LogP contribution in [-0.4, -0.2) is 19.8 Å². The number of para-hydroxylation sites is 1. The Hall–Kier alpha value is -3.86. The van der Waals surface area contributed by atoms with Crippen molar-refractivity contribution in [3.05, 3.63) is 94.5 Å². The van der Waals surface area contributed by atoms with Gasteiger partial charge in [0.2, 0.25) is 0 Å². The molecule has 2 N–H and O–H groups in total. The van der Waals surface area contributed by atoms with Gasteiger partial charge in [-0.2, -0.15) is 0 Å². The van der Waals surface area contributed by atoms with E-state index < -0.39 is 0 Å². The molecule has 0 amide bonds. The van der Waals surface area contributed by atoms with Gasteiger partial charge in [0.05, 0.1) is 16.6 Å². The molecule has 3 aromatic carbocycles. The van der Waals surface area contributed by atoms with Crippen LogP contribution in [0.2, 0.25) is 0 Å². The fraction of sp³-hybridized carbons (Fsp3) is 0. The van der Waals surface area contributed by atoms with Crippen molar-refractivity contribution in [2.75, 3.05) is 0 Å². The van der Waals surface area contributed by atoms with Crippen LogP contribution in [0, 0.1) is 0 Å². The first-order chi connectivity index (χ1) is 13.1. The number of fused-ring (bicyclic) bond motifs is 1. The molecule has 0 unspecified atom stereocenters. The minimum atomic E-state index is -0.184. The van der Waals surface area contributed by atoms with Crippen LogP contribution in [0.4, 0.5) is 0 Å². The average Bonchev–Trinajstić information content (AvgIpc) is 2.69. The largest absolute Gasteiger partial charge is 0.508 e. The lowest BCUT2D eigenvalue weighted by atomic mass is 10.2. The molecule has 132 valence electrons. The van der Waals surface area contributed by atoms with Crippen LogP contribution in [0.25, 0.3) is 28.7 Å². The van der Waals surface area contributed by atoms with Crippen molar-refractivity contribution in [2.24, 2.45) is 0 Å². The molecule has 0 aliphatic carbocycles. The van der Waals surface area contributed by atoms with Gasteiger partial charge in [-0.15, -0.1) is 0 Å². The number of aromatic nitrogens is 2. The Morgan fingerprint density at radius 2 is 1.41 bits per heavy atom. The van der Waals surface area contributed by atoms with Crippen LogP contribution in [-0.2, 0) is 0 Å². The van der Waals surface area contributed by atoms with Crippen LogP contribution in [0.1, 0.15) is 11.4 Å². The summed E-state index contributed by atoms with van der Waals surface area (Å²) in [6, 6.07) is 20.3. The zero-order chi connectivity index (χ0) is 18.8. The fourth-order valence-electron chi connectivity index (χ4n) is 2.87. The van der Waals surface area contributed by atoms with E-state index in [0.29, 0.717) is 22.4 Å². The van der Waals surface area contributed by atoms with E-state index in [4.69, 9.17) is 0 Å². The third kappa shape index (κ3) is 3.30. The Bertz CT molecular complexity index is 1190. The molecule has 0 bridgehead atoms. The molecule has 4 aromatic rings. The van der Waals surface area contributed by atoms with E-state index in [1.54, 1.807) is 60.7 Å². The summed E-state index contributed by atoms with van der Waals surface area (Å²) in [5, 5.41) is 19.5. The number of aromatic hydroxyl groups is 2. The van der Waals surface area contributed by atoms with Gasteiger partial charge in [0.1, 0.15) is 17.3 Å². The van der Waals surface area contributed by atoms with Crippen LogP contribution in [0.15, 0.2) is 77.6 Å². The van der Waals surface area contributed by atoms with Gasteiger partial charge in [-0.3, -0.25) is 9.36 Å². The maximum Gasteiger partial charge on any atom is 0.266 e. The molecule has 0 saturated heterocycles. The number of rotatable bonds is 3. The van der Waals surface area contributed by atoms with E-state index in [-0.39, 0.29) is 17.1 Å². The van der Waals surface area contributed by atoms with Crippen LogP contribution < -0.4 is 5.56 Å². The van der Waals surface area contributed by atoms with Gasteiger partial charge in [0.15, 0.2) is 0 Å². The minimum absolute atomic E-state index is 0.127. The van der Waals surface area contributed by atoms with Gasteiger partial charge in [-0.1, -0.05) is 30.3 Å². The third-order valence-electron chi connectivity index (χ3n) is 4.23. The second-order valence-corrected chi connectivity index (χ2v) is 6.07. The van der Waals surface area contributed by atoms with E-state index in [0.717, 1.165) is 5.56 Å². The Kier molecular flexibility index (Phi) is 4.18. The molecule has 4 rings (SSSR count). The van der Waals surface area contributed by atoms with Gasteiger partial charge < -0.3 is 10.2 Å². The summed E-state index contributed by atoms with van der Waals surface area (Å²) in [6.45, 7) is 0. The van der Waals surface area contributed by atoms with Crippen LogP contribution in [0.3, 0.4) is 0 Å². The van der Waals surface area contributed by atoms with Crippen molar-refractivity contribution in [3.8, 4) is 17.2 Å². The smallest absolute Gasteiger partial charge is 0.266 e. The number of phenolic OH excluding ortho intramolecular Hbond substituents is 2. The van der Waals surface area contributed by atoms with Crippen LogP contribution >= 0.6 is 0 Å². The second kappa shape index (κ2) is 6.80. The van der Waals surface area contributed by atoms with Gasteiger partial charge in [0.25, 0.3) is 5.56 Å². The molecule has 1 heterocycles. The molecule has 0 fully saturated rings. The van der Waals surface area contributed by atoms with Crippen LogP contribution in [0.5, 0.6) is 11.5 Å². The summed E-state index contributed by atoms with van der Waals surface area (Å²) >= 11 is 0. The highest BCUT2D eigenvalue weighted by molar-refractivity contribution is 5.80. The number of benzene rings is 3. The highest BCUT2D eigenvalue weighted by atomic mass is 16.3. The zero-order valence-electron chi connectivity index (χ0n) is 14.3. The van der Waals surface area contributed by atoms with Crippen molar-refractivity contribution in [2.45, 2.75) is 0 Å². The summed E-state index contributed by atoms with van der Waals surface area (Å²) in [5.41, 5.74) is 1.91. The predicted molar refractivity (Wildman–Crippen MR) is 106 cm³/mol. The fourth-order valence-corrected chi connectivity index (χ4v) is 2.87. The first kappa shape index (κ1) is 16.6.